The highest BCUT2D eigenvalue weighted by molar-refractivity contribution is 7.92. The zero-order valence-corrected chi connectivity index (χ0v) is 6.43. The quantitative estimate of drug-likeness (QED) is 0.527. The molecular formula is C5H11NO3S. The molecule has 2 N–H and O–H groups in total. The molecule has 1 saturated heterocycles. The maximum Gasteiger partial charge on any atom is 0.158 e. The molecule has 1 rings (SSSR count). The Kier molecular flexibility index (Phi) is 2.28. The van der Waals surface area contributed by atoms with E-state index in [1.165, 1.54) is 0 Å². The molecule has 0 saturated carbocycles. The van der Waals surface area contributed by atoms with Gasteiger partial charge in [-0.3, -0.25) is 0 Å². The van der Waals surface area contributed by atoms with Gasteiger partial charge in [0.2, 0.25) is 0 Å². The van der Waals surface area contributed by atoms with Crippen molar-refractivity contribution in [3.8, 4) is 0 Å². The summed E-state index contributed by atoms with van der Waals surface area (Å²) < 4.78 is 27.1. The van der Waals surface area contributed by atoms with Gasteiger partial charge in [-0.2, -0.15) is 0 Å². The van der Waals surface area contributed by atoms with E-state index in [4.69, 9.17) is 10.5 Å². The fourth-order valence-electron chi connectivity index (χ4n) is 0.875. The van der Waals surface area contributed by atoms with Gasteiger partial charge < -0.3 is 10.5 Å². The molecule has 0 radical (unpaired) electrons. The summed E-state index contributed by atoms with van der Waals surface area (Å²) in [5.74, 6) is 0.120. The number of hydrogen-bond donors (Lipinski definition) is 1. The van der Waals surface area contributed by atoms with E-state index in [-0.39, 0.29) is 18.9 Å². The zero-order chi connectivity index (χ0) is 7.61. The van der Waals surface area contributed by atoms with Crippen LogP contribution in [0.4, 0.5) is 0 Å². The van der Waals surface area contributed by atoms with Crippen LogP contribution in [0.15, 0.2) is 0 Å². The molecule has 0 bridgehead atoms. The van der Waals surface area contributed by atoms with Crippen molar-refractivity contribution in [3.63, 3.8) is 0 Å². The molecular weight excluding hydrogens is 154 g/mol. The average Bonchev–Trinajstić information content (AvgIpc) is 1.87. The molecule has 1 aliphatic rings. The first kappa shape index (κ1) is 7.97. The van der Waals surface area contributed by atoms with Gasteiger partial charge in [0, 0.05) is 6.54 Å². The minimum Gasteiger partial charge on any atom is -0.379 e. The van der Waals surface area contributed by atoms with Gasteiger partial charge in [-0.15, -0.1) is 0 Å². The summed E-state index contributed by atoms with van der Waals surface area (Å²) in [5, 5.41) is -0.471. The Morgan fingerprint density at radius 3 is 2.70 bits per heavy atom. The normalized spacial score (nSPS) is 31.9. The molecule has 1 unspecified atom stereocenters. The fraction of sp³-hybridized carbons (Fsp3) is 1.00. The molecule has 1 fully saturated rings. The van der Waals surface area contributed by atoms with Gasteiger partial charge in [0.1, 0.15) is 0 Å². The maximum atomic E-state index is 11.1. The van der Waals surface area contributed by atoms with Crippen LogP contribution in [0.5, 0.6) is 0 Å². The minimum absolute atomic E-state index is 0.120. The van der Waals surface area contributed by atoms with Crippen molar-refractivity contribution in [2.24, 2.45) is 5.73 Å². The first-order valence-electron chi connectivity index (χ1n) is 3.16. The van der Waals surface area contributed by atoms with Gasteiger partial charge in [0.25, 0.3) is 0 Å². The van der Waals surface area contributed by atoms with Crippen LogP contribution in [-0.2, 0) is 14.6 Å². The van der Waals surface area contributed by atoms with E-state index < -0.39 is 15.1 Å². The molecule has 5 heteroatoms. The van der Waals surface area contributed by atoms with Crippen LogP contribution in [0.3, 0.4) is 0 Å². The topological polar surface area (TPSA) is 69.4 Å². The van der Waals surface area contributed by atoms with E-state index in [0.717, 1.165) is 0 Å². The molecule has 1 heterocycles. The van der Waals surface area contributed by atoms with E-state index in [2.05, 4.69) is 0 Å². The highest BCUT2D eigenvalue weighted by Crippen LogP contribution is 2.07. The Balaban J connectivity index is 2.70. The van der Waals surface area contributed by atoms with Gasteiger partial charge in [-0.25, -0.2) is 8.42 Å². The van der Waals surface area contributed by atoms with Gasteiger partial charge in [0.05, 0.1) is 24.2 Å². The molecule has 4 nitrogen and oxygen atoms in total. The van der Waals surface area contributed by atoms with Crippen LogP contribution in [0.2, 0.25) is 0 Å². The van der Waals surface area contributed by atoms with Crippen LogP contribution in [0.25, 0.3) is 0 Å². The number of rotatable bonds is 1. The third kappa shape index (κ3) is 1.47. The summed E-state index contributed by atoms with van der Waals surface area (Å²) >= 11 is 0. The van der Waals surface area contributed by atoms with Crippen molar-refractivity contribution in [1.82, 2.24) is 0 Å². The molecule has 10 heavy (non-hydrogen) atoms. The lowest BCUT2D eigenvalue weighted by Gasteiger charge is -2.20. The lowest BCUT2D eigenvalue weighted by Crippen LogP contribution is -2.40. The minimum atomic E-state index is -2.92. The van der Waals surface area contributed by atoms with E-state index in [1.54, 1.807) is 0 Å². The molecule has 0 aromatic heterocycles. The lowest BCUT2D eigenvalue weighted by atomic mass is 10.4. The second-order valence-corrected chi connectivity index (χ2v) is 4.70. The van der Waals surface area contributed by atoms with Crippen molar-refractivity contribution in [1.29, 1.82) is 0 Å². The van der Waals surface area contributed by atoms with Crippen molar-refractivity contribution >= 4 is 9.84 Å². The van der Waals surface area contributed by atoms with Gasteiger partial charge in [0.15, 0.2) is 9.84 Å². The summed E-state index contributed by atoms with van der Waals surface area (Å²) in [5.41, 5.74) is 5.22. The molecule has 0 aromatic carbocycles. The van der Waals surface area contributed by atoms with Gasteiger partial charge in [-0.05, 0) is 0 Å². The summed E-state index contributed by atoms with van der Waals surface area (Å²) in [6, 6.07) is 0. The highest BCUT2D eigenvalue weighted by atomic mass is 32.2. The Morgan fingerprint density at radius 2 is 2.30 bits per heavy atom. The summed E-state index contributed by atoms with van der Waals surface area (Å²) in [6.07, 6.45) is 0. The predicted molar refractivity (Wildman–Crippen MR) is 37.4 cm³/mol. The average molecular weight is 165 g/mol. The molecule has 0 aromatic rings. The van der Waals surface area contributed by atoms with E-state index >= 15 is 0 Å². The maximum absolute atomic E-state index is 11.1. The second kappa shape index (κ2) is 2.86. The largest absolute Gasteiger partial charge is 0.379 e. The van der Waals surface area contributed by atoms with Crippen LogP contribution >= 0.6 is 0 Å². The predicted octanol–water partition coefficient (Wildman–Crippen LogP) is -1.24. The summed E-state index contributed by atoms with van der Waals surface area (Å²) in [4.78, 5) is 0. The number of ether oxygens (including phenoxy) is 1. The first-order valence-corrected chi connectivity index (χ1v) is 4.88. The monoisotopic (exact) mass is 165 g/mol. The zero-order valence-electron chi connectivity index (χ0n) is 5.62. The van der Waals surface area contributed by atoms with Gasteiger partial charge in [-0.1, -0.05) is 0 Å². The molecule has 1 atom stereocenters. The lowest BCUT2D eigenvalue weighted by molar-refractivity contribution is 0.139. The standard InChI is InChI=1S/C5H11NO3S/c6-3-5-4-9-1-2-10(5,7)8/h5H,1-4,6H2. The Labute approximate surface area is 60.3 Å². The third-order valence-electron chi connectivity index (χ3n) is 1.59. The number of sulfone groups is 1. The van der Waals surface area contributed by atoms with Crippen LogP contribution < -0.4 is 5.73 Å². The molecule has 0 amide bonds. The smallest absolute Gasteiger partial charge is 0.158 e. The number of nitrogens with two attached hydrogens (primary N) is 1. The SMILES string of the molecule is NCC1COCCS1(=O)=O. The molecule has 0 spiro atoms. The van der Waals surface area contributed by atoms with Crippen molar-refractivity contribution < 1.29 is 13.2 Å². The van der Waals surface area contributed by atoms with Gasteiger partial charge >= 0.3 is 0 Å². The Morgan fingerprint density at radius 1 is 1.60 bits per heavy atom. The van der Waals surface area contributed by atoms with Crippen molar-refractivity contribution in [2.45, 2.75) is 5.25 Å². The second-order valence-electron chi connectivity index (χ2n) is 2.30. The summed E-state index contributed by atoms with van der Waals surface area (Å²) in [7, 11) is -2.92. The van der Waals surface area contributed by atoms with Crippen molar-refractivity contribution in [2.75, 3.05) is 25.5 Å². The first-order chi connectivity index (χ1) is 4.67. The summed E-state index contributed by atoms with van der Waals surface area (Å²) in [6.45, 7) is 0.750. The highest BCUT2D eigenvalue weighted by Gasteiger charge is 2.27. The Hall–Kier alpha value is -0.130. The molecule has 1 aliphatic heterocycles. The van der Waals surface area contributed by atoms with Crippen LogP contribution in [0, 0.1) is 0 Å². The Bertz CT molecular complexity index is 199. The van der Waals surface area contributed by atoms with E-state index in [9.17, 15) is 8.42 Å². The van der Waals surface area contributed by atoms with Crippen molar-refractivity contribution in [3.05, 3.63) is 0 Å². The number of hydrogen-bond acceptors (Lipinski definition) is 4. The third-order valence-corrected chi connectivity index (χ3v) is 3.67. The van der Waals surface area contributed by atoms with Crippen LogP contribution in [-0.4, -0.2) is 39.2 Å². The van der Waals surface area contributed by atoms with Crippen LogP contribution in [0.1, 0.15) is 0 Å². The molecule has 60 valence electrons. The fourth-order valence-corrected chi connectivity index (χ4v) is 2.16. The van der Waals surface area contributed by atoms with E-state index in [1.807, 2.05) is 0 Å². The van der Waals surface area contributed by atoms with E-state index in [0.29, 0.717) is 6.61 Å². The molecule has 0 aliphatic carbocycles.